The van der Waals surface area contributed by atoms with Crippen molar-refractivity contribution in [2.45, 2.75) is 32.3 Å². The maximum atomic E-state index is 10.1. The molecular formula is C15H18OS. The molecule has 0 saturated carbocycles. The summed E-state index contributed by atoms with van der Waals surface area (Å²) in [5, 5.41) is 12.1. The standard InChI is InChI=1S/C15H18OS/c1-11(2)13-7-5-12(6-8-13)10-14(16)15-4-3-9-17-15/h3-9,11,14,16H,10H2,1-2H3. The zero-order valence-electron chi connectivity index (χ0n) is 10.3. The summed E-state index contributed by atoms with van der Waals surface area (Å²) < 4.78 is 0. The second-order valence-electron chi connectivity index (χ2n) is 4.63. The van der Waals surface area contributed by atoms with Gasteiger partial charge in [0.25, 0.3) is 0 Å². The van der Waals surface area contributed by atoms with E-state index in [0.717, 1.165) is 4.88 Å². The topological polar surface area (TPSA) is 20.2 Å². The normalized spacial score (nSPS) is 12.9. The fourth-order valence-corrected chi connectivity index (χ4v) is 2.56. The molecule has 2 rings (SSSR count). The van der Waals surface area contributed by atoms with Gasteiger partial charge in [0, 0.05) is 11.3 Å². The Morgan fingerprint density at radius 1 is 1.12 bits per heavy atom. The molecule has 1 heterocycles. The van der Waals surface area contributed by atoms with Gasteiger partial charge < -0.3 is 5.11 Å². The highest BCUT2D eigenvalue weighted by Gasteiger charge is 2.09. The minimum atomic E-state index is -0.375. The van der Waals surface area contributed by atoms with E-state index in [1.54, 1.807) is 11.3 Å². The lowest BCUT2D eigenvalue weighted by atomic mass is 9.99. The lowest BCUT2D eigenvalue weighted by Crippen LogP contribution is -1.99. The van der Waals surface area contributed by atoms with E-state index in [1.165, 1.54) is 11.1 Å². The van der Waals surface area contributed by atoms with Crippen molar-refractivity contribution in [3.05, 3.63) is 57.8 Å². The number of hydrogen-bond donors (Lipinski definition) is 1. The van der Waals surface area contributed by atoms with Gasteiger partial charge >= 0.3 is 0 Å². The van der Waals surface area contributed by atoms with E-state index in [-0.39, 0.29) is 6.10 Å². The molecule has 0 radical (unpaired) electrons. The maximum Gasteiger partial charge on any atom is 0.0922 e. The fraction of sp³-hybridized carbons (Fsp3) is 0.333. The van der Waals surface area contributed by atoms with Gasteiger partial charge in [-0.3, -0.25) is 0 Å². The molecular weight excluding hydrogens is 228 g/mol. The Bertz CT molecular complexity index is 442. The van der Waals surface area contributed by atoms with Crippen molar-refractivity contribution < 1.29 is 5.11 Å². The van der Waals surface area contributed by atoms with Crippen LogP contribution in [0.25, 0.3) is 0 Å². The molecule has 0 aliphatic carbocycles. The third-order valence-corrected chi connectivity index (χ3v) is 3.92. The Labute approximate surface area is 107 Å². The smallest absolute Gasteiger partial charge is 0.0922 e. The SMILES string of the molecule is CC(C)c1ccc(CC(O)c2cccs2)cc1. The molecule has 90 valence electrons. The highest BCUT2D eigenvalue weighted by atomic mass is 32.1. The number of thiophene rings is 1. The predicted octanol–water partition coefficient (Wildman–Crippen LogP) is 4.15. The Morgan fingerprint density at radius 3 is 2.35 bits per heavy atom. The van der Waals surface area contributed by atoms with E-state index in [0.29, 0.717) is 12.3 Å². The van der Waals surface area contributed by atoms with Crippen molar-refractivity contribution in [3.8, 4) is 0 Å². The van der Waals surface area contributed by atoms with Crippen LogP contribution in [-0.4, -0.2) is 5.11 Å². The lowest BCUT2D eigenvalue weighted by Gasteiger charge is -2.10. The van der Waals surface area contributed by atoms with Gasteiger partial charge in [-0.1, -0.05) is 44.2 Å². The lowest BCUT2D eigenvalue weighted by molar-refractivity contribution is 0.182. The van der Waals surface area contributed by atoms with E-state index in [4.69, 9.17) is 0 Å². The van der Waals surface area contributed by atoms with Crippen molar-refractivity contribution in [1.82, 2.24) is 0 Å². The van der Waals surface area contributed by atoms with Gasteiger partial charge in [0.2, 0.25) is 0 Å². The summed E-state index contributed by atoms with van der Waals surface area (Å²) in [5.74, 6) is 0.561. The number of aliphatic hydroxyl groups is 1. The number of benzene rings is 1. The number of hydrogen-bond acceptors (Lipinski definition) is 2. The molecule has 2 aromatic rings. The number of aliphatic hydroxyl groups excluding tert-OH is 1. The van der Waals surface area contributed by atoms with E-state index in [1.807, 2.05) is 17.5 Å². The van der Waals surface area contributed by atoms with Crippen molar-refractivity contribution in [2.75, 3.05) is 0 Å². The molecule has 0 amide bonds. The van der Waals surface area contributed by atoms with E-state index in [2.05, 4.69) is 38.1 Å². The van der Waals surface area contributed by atoms with Crippen LogP contribution in [0.1, 0.15) is 41.9 Å². The van der Waals surface area contributed by atoms with Crippen molar-refractivity contribution in [1.29, 1.82) is 0 Å². The van der Waals surface area contributed by atoms with Gasteiger partial charge in [-0.15, -0.1) is 11.3 Å². The molecule has 0 bridgehead atoms. The third kappa shape index (κ3) is 3.18. The fourth-order valence-electron chi connectivity index (χ4n) is 1.84. The van der Waals surface area contributed by atoms with Gasteiger partial charge in [-0.2, -0.15) is 0 Å². The predicted molar refractivity (Wildman–Crippen MR) is 73.5 cm³/mol. The van der Waals surface area contributed by atoms with Crippen LogP contribution in [0.2, 0.25) is 0 Å². The Hall–Kier alpha value is -1.12. The molecule has 1 atom stereocenters. The van der Waals surface area contributed by atoms with E-state index >= 15 is 0 Å². The van der Waals surface area contributed by atoms with Crippen LogP contribution < -0.4 is 0 Å². The summed E-state index contributed by atoms with van der Waals surface area (Å²) in [6, 6.07) is 12.5. The molecule has 2 heteroatoms. The second-order valence-corrected chi connectivity index (χ2v) is 5.61. The quantitative estimate of drug-likeness (QED) is 0.859. The van der Waals surface area contributed by atoms with Crippen LogP contribution in [0.3, 0.4) is 0 Å². The minimum Gasteiger partial charge on any atom is -0.387 e. The van der Waals surface area contributed by atoms with Gasteiger partial charge in [0.05, 0.1) is 6.10 Å². The minimum absolute atomic E-state index is 0.375. The molecule has 1 unspecified atom stereocenters. The first-order valence-corrected chi connectivity index (χ1v) is 6.85. The van der Waals surface area contributed by atoms with E-state index < -0.39 is 0 Å². The van der Waals surface area contributed by atoms with Crippen molar-refractivity contribution in [3.63, 3.8) is 0 Å². The zero-order valence-corrected chi connectivity index (χ0v) is 11.1. The van der Waals surface area contributed by atoms with Crippen LogP contribution in [0.5, 0.6) is 0 Å². The zero-order chi connectivity index (χ0) is 12.3. The van der Waals surface area contributed by atoms with Crippen LogP contribution in [0.4, 0.5) is 0 Å². The molecule has 1 aromatic heterocycles. The molecule has 0 aliphatic heterocycles. The highest BCUT2D eigenvalue weighted by Crippen LogP contribution is 2.23. The average Bonchev–Trinajstić information content (AvgIpc) is 2.83. The van der Waals surface area contributed by atoms with Crippen LogP contribution in [0.15, 0.2) is 41.8 Å². The van der Waals surface area contributed by atoms with Gasteiger partial charge in [-0.25, -0.2) is 0 Å². The molecule has 0 spiro atoms. The van der Waals surface area contributed by atoms with Crippen molar-refractivity contribution in [2.24, 2.45) is 0 Å². The van der Waals surface area contributed by atoms with E-state index in [9.17, 15) is 5.11 Å². The van der Waals surface area contributed by atoms with Crippen molar-refractivity contribution >= 4 is 11.3 Å². The highest BCUT2D eigenvalue weighted by molar-refractivity contribution is 7.10. The first-order valence-electron chi connectivity index (χ1n) is 5.97. The first kappa shape index (κ1) is 12.3. The van der Waals surface area contributed by atoms with Gasteiger partial charge in [0.15, 0.2) is 0 Å². The average molecular weight is 246 g/mol. The molecule has 0 saturated heterocycles. The number of rotatable bonds is 4. The summed E-state index contributed by atoms with van der Waals surface area (Å²) in [6.07, 6.45) is 0.318. The maximum absolute atomic E-state index is 10.1. The molecule has 17 heavy (non-hydrogen) atoms. The van der Waals surface area contributed by atoms with Crippen LogP contribution in [0, 0.1) is 0 Å². The largest absolute Gasteiger partial charge is 0.387 e. The summed E-state index contributed by atoms with van der Waals surface area (Å²) in [4.78, 5) is 1.04. The molecule has 0 fully saturated rings. The summed E-state index contributed by atoms with van der Waals surface area (Å²) in [6.45, 7) is 4.38. The molecule has 1 nitrogen and oxygen atoms in total. The van der Waals surface area contributed by atoms with Gasteiger partial charge in [-0.05, 0) is 28.5 Å². The monoisotopic (exact) mass is 246 g/mol. The van der Waals surface area contributed by atoms with Gasteiger partial charge in [0.1, 0.15) is 0 Å². The summed E-state index contributed by atoms with van der Waals surface area (Å²) >= 11 is 1.61. The molecule has 0 aliphatic rings. The third-order valence-electron chi connectivity index (χ3n) is 2.95. The second kappa shape index (κ2) is 5.48. The molecule has 1 aromatic carbocycles. The summed E-state index contributed by atoms with van der Waals surface area (Å²) in [7, 11) is 0. The Morgan fingerprint density at radius 2 is 1.82 bits per heavy atom. The van der Waals surface area contributed by atoms with Crippen LogP contribution in [-0.2, 0) is 6.42 Å². The Kier molecular flexibility index (Phi) is 3.97. The first-order chi connectivity index (χ1) is 8.16. The summed E-state index contributed by atoms with van der Waals surface area (Å²) in [5.41, 5.74) is 2.54. The van der Waals surface area contributed by atoms with Crippen LogP contribution >= 0.6 is 11.3 Å². The molecule has 1 N–H and O–H groups in total. The Balaban J connectivity index is 2.04.